The van der Waals surface area contributed by atoms with Crippen LogP contribution in [0.25, 0.3) is 16.9 Å². The smallest absolute Gasteiger partial charge is 0.338 e. The maximum absolute atomic E-state index is 13.4. The van der Waals surface area contributed by atoms with E-state index >= 15 is 0 Å². The summed E-state index contributed by atoms with van der Waals surface area (Å²) in [6.07, 6.45) is 2.37. The van der Waals surface area contributed by atoms with Crippen LogP contribution in [0.2, 0.25) is 0 Å². The molecule has 1 aromatic carbocycles. The number of hydrogen-bond acceptors (Lipinski definition) is 4. The molecule has 3 aromatic rings. The molecule has 1 N–H and O–H groups in total. The van der Waals surface area contributed by atoms with Crippen molar-refractivity contribution in [2.24, 2.45) is 0 Å². The number of hydrogen-bond donors (Lipinski definition) is 1. The molecule has 0 aliphatic carbocycles. The van der Waals surface area contributed by atoms with Crippen LogP contribution in [-0.2, 0) is 0 Å². The first-order valence-corrected chi connectivity index (χ1v) is 5.77. The van der Waals surface area contributed by atoms with Gasteiger partial charge in [0.1, 0.15) is 5.82 Å². The van der Waals surface area contributed by atoms with Gasteiger partial charge in [0.2, 0.25) is 0 Å². The molecule has 2 heterocycles. The van der Waals surface area contributed by atoms with E-state index in [0.717, 1.165) is 5.39 Å². The Labute approximate surface area is 112 Å². The van der Waals surface area contributed by atoms with Gasteiger partial charge in [0.15, 0.2) is 0 Å². The van der Waals surface area contributed by atoms with Crippen molar-refractivity contribution in [1.82, 2.24) is 19.7 Å². The Morgan fingerprint density at radius 2 is 2.00 bits per heavy atom. The molecule has 0 unspecified atom stereocenters. The Hall–Kier alpha value is -2.83. The van der Waals surface area contributed by atoms with Gasteiger partial charge in [0, 0.05) is 23.8 Å². The minimum atomic E-state index is -1.11. The highest BCUT2D eigenvalue weighted by Gasteiger charge is 2.12. The van der Waals surface area contributed by atoms with E-state index in [1.165, 1.54) is 29.2 Å². The number of carbonyl (C=O) groups is 1. The summed E-state index contributed by atoms with van der Waals surface area (Å²) < 4.78 is 14.7. The lowest BCUT2D eigenvalue weighted by Gasteiger charge is -2.01. The third-order valence-electron chi connectivity index (χ3n) is 2.90. The van der Waals surface area contributed by atoms with Crippen LogP contribution >= 0.6 is 0 Å². The van der Waals surface area contributed by atoms with Gasteiger partial charge in [0.25, 0.3) is 5.95 Å². The quantitative estimate of drug-likeness (QED) is 0.771. The van der Waals surface area contributed by atoms with Gasteiger partial charge in [0.05, 0.1) is 16.8 Å². The van der Waals surface area contributed by atoms with Crippen LogP contribution in [0.3, 0.4) is 0 Å². The van der Waals surface area contributed by atoms with Gasteiger partial charge < -0.3 is 5.11 Å². The summed E-state index contributed by atoms with van der Waals surface area (Å²) in [5.74, 6) is -1.30. The van der Waals surface area contributed by atoms with Crippen LogP contribution in [0.1, 0.15) is 16.1 Å². The third-order valence-corrected chi connectivity index (χ3v) is 2.90. The van der Waals surface area contributed by atoms with Crippen molar-refractivity contribution in [3.05, 3.63) is 47.7 Å². The molecule has 100 valence electrons. The van der Waals surface area contributed by atoms with Gasteiger partial charge in [-0.15, -0.1) is 0 Å². The molecule has 0 saturated carbocycles. The summed E-state index contributed by atoms with van der Waals surface area (Å²) in [5, 5.41) is 13.8. The second-order valence-electron chi connectivity index (χ2n) is 4.24. The molecule has 0 aliphatic heterocycles. The molecular weight excluding hydrogens is 263 g/mol. The second-order valence-corrected chi connectivity index (χ2v) is 4.24. The average molecular weight is 272 g/mol. The Kier molecular flexibility index (Phi) is 2.67. The SMILES string of the molecule is Cc1nn(-c2ncc(C(=O)O)cn2)c2cc(F)ccc12. The van der Waals surface area contributed by atoms with E-state index < -0.39 is 5.97 Å². The monoisotopic (exact) mass is 272 g/mol. The van der Waals surface area contributed by atoms with E-state index in [4.69, 9.17) is 5.11 Å². The maximum atomic E-state index is 13.4. The molecule has 0 fully saturated rings. The molecule has 20 heavy (non-hydrogen) atoms. The van der Waals surface area contributed by atoms with Crippen molar-refractivity contribution in [3.63, 3.8) is 0 Å². The first-order valence-electron chi connectivity index (χ1n) is 5.77. The number of aryl methyl sites for hydroxylation is 1. The number of rotatable bonds is 2. The number of benzene rings is 1. The molecule has 0 atom stereocenters. The van der Waals surface area contributed by atoms with Gasteiger partial charge in [-0.3, -0.25) is 0 Å². The number of halogens is 1. The largest absolute Gasteiger partial charge is 0.478 e. The van der Waals surface area contributed by atoms with Crippen LogP contribution in [-0.4, -0.2) is 30.8 Å². The molecule has 6 nitrogen and oxygen atoms in total. The molecule has 0 aliphatic rings. The van der Waals surface area contributed by atoms with Crippen LogP contribution in [0.4, 0.5) is 4.39 Å². The van der Waals surface area contributed by atoms with Crippen LogP contribution < -0.4 is 0 Å². The summed E-state index contributed by atoms with van der Waals surface area (Å²) >= 11 is 0. The van der Waals surface area contributed by atoms with Crippen LogP contribution in [0.15, 0.2) is 30.6 Å². The standard InChI is InChI=1S/C13H9FN4O2/c1-7-10-3-2-9(14)4-11(10)18(17-7)13-15-5-8(6-16-13)12(19)20/h2-6H,1H3,(H,19,20). The first kappa shape index (κ1) is 12.2. The zero-order valence-electron chi connectivity index (χ0n) is 10.4. The number of aromatic carboxylic acids is 1. The van der Waals surface area contributed by atoms with Crippen LogP contribution in [0.5, 0.6) is 0 Å². The normalized spacial score (nSPS) is 10.9. The van der Waals surface area contributed by atoms with E-state index in [0.29, 0.717) is 11.2 Å². The fraction of sp³-hybridized carbons (Fsp3) is 0.0769. The summed E-state index contributed by atoms with van der Waals surface area (Å²) in [4.78, 5) is 18.7. The topological polar surface area (TPSA) is 80.9 Å². The van der Waals surface area contributed by atoms with E-state index in [9.17, 15) is 9.18 Å². The molecule has 0 spiro atoms. The molecule has 2 aromatic heterocycles. The Balaban J connectivity index is 2.18. The van der Waals surface area contributed by atoms with Crippen molar-refractivity contribution in [2.75, 3.05) is 0 Å². The maximum Gasteiger partial charge on any atom is 0.338 e. The number of aromatic nitrogens is 4. The zero-order valence-corrected chi connectivity index (χ0v) is 10.4. The predicted octanol–water partition coefficient (Wildman–Crippen LogP) is 1.96. The van der Waals surface area contributed by atoms with Gasteiger partial charge in [-0.2, -0.15) is 9.78 Å². The molecule has 0 saturated heterocycles. The predicted molar refractivity (Wildman–Crippen MR) is 68.3 cm³/mol. The number of nitrogens with zero attached hydrogens (tertiary/aromatic N) is 4. The summed E-state index contributed by atoms with van der Waals surface area (Å²) in [5.41, 5.74) is 1.23. The van der Waals surface area contributed by atoms with E-state index in [-0.39, 0.29) is 17.3 Å². The Morgan fingerprint density at radius 1 is 1.30 bits per heavy atom. The van der Waals surface area contributed by atoms with E-state index in [1.54, 1.807) is 13.0 Å². The van der Waals surface area contributed by atoms with Gasteiger partial charge >= 0.3 is 5.97 Å². The van der Waals surface area contributed by atoms with Gasteiger partial charge in [-0.1, -0.05) is 0 Å². The lowest BCUT2D eigenvalue weighted by molar-refractivity contribution is 0.0696. The fourth-order valence-electron chi connectivity index (χ4n) is 1.94. The number of carboxylic acid groups (broad SMARTS) is 1. The first-order chi connectivity index (χ1) is 9.56. The summed E-state index contributed by atoms with van der Waals surface area (Å²) in [6, 6.07) is 4.33. The Morgan fingerprint density at radius 3 is 2.65 bits per heavy atom. The lowest BCUT2D eigenvalue weighted by Crippen LogP contribution is -2.06. The average Bonchev–Trinajstić information content (AvgIpc) is 2.75. The molecule has 0 bridgehead atoms. The van der Waals surface area contributed by atoms with Crippen molar-refractivity contribution >= 4 is 16.9 Å². The number of carboxylic acids is 1. The van der Waals surface area contributed by atoms with Crippen molar-refractivity contribution < 1.29 is 14.3 Å². The minimum Gasteiger partial charge on any atom is -0.478 e. The van der Waals surface area contributed by atoms with Crippen molar-refractivity contribution in [2.45, 2.75) is 6.92 Å². The summed E-state index contributed by atoms with van der Waals surface area (Å²) in [7, 11) is 0. The molecular formula is C13H9FN4O2. The third kappa shape index (κ3) is 1.89. The van der Waals surface area contributed by atoms with Crippen molar-refractivity contribution in [3.8, 4) is 5.95 Å². The molecule has 0 radical (unpaired) electrons. The highest BCUT2D eigenvalue weighted by atomic mass is 19.1. The minimum absolute atomic E-state index is 0.0203. The summed E-state index contributed by atoms with van der Waals surface area (Å²) in [6.45, 7) is 1.79. The lowest BCUT2D eigenvalue weighted by atomic mass is 10.2. The molecule has 3 rings (SSSR count). The molecule has 7 heteroatoms. The number of fused-ring (bicyclic) bond motifs is 1. The van der Waals surface area contributed by atoms with Gasteiger partial charge in [-0.25, -0.2) is 19.2 Å². The van der Waals surface area contributed by atoms with E-state index in [1.807, 2.05) is 0 Å². The van der Waals surface area contributed by atoms with E-state index in [2.05, 4.69) is 15.1 Å². The highest BCUT2D eigenvalue weighted by molar-refractivity contribution is 5.87. The molecule has 0 amide bonds. The van der Waals surface area contributed by atoms with Crippen molar-refractivity contribution in [1.29, 1.82) is 0 Å². The highest BCUT2D eigenvalue weighted by Crippen LogP contribution is 2.21. The Bertz CT molecular complexity index is 811. The second kappa shape index (κ2) is 4.37. The van der Waals surface area contributed by atoms with Crippen LogP contribution in [0, 0.1) is 12.7 Å². The fourth-order valence-corrected chi connectivity index (χ4v) is 1.94. The zero-order chi connectivity index (χ0) is 14.3. The van der Waals surface area contributed by atoms with Gasteiger partial charge in [-0.05, 0) is 19.1 Å².